The van der Waals surface area contributed by atoms with Crippen molar-refractivity contribution in [3.8, 4) is 102 Å². The van der Waals surface area contributed by atoms with Crippen molar-refractivity contribution in [1.29, 1.82) is 0 Å². The number of hydrogen-bond acceptors (Lipinski definition) is 6. The van der Waals surface area contributed by atoms with Crippen molar-refractivity contribution >= 4 is 5.57 Å². The van der Waals surface area contributed by atoms with Gasteiger partial charge < -0.3 is 0 Å². The molecule has 12 rings (SSSR count). The molecule has 0 radical (unpaired) electrons. The molecule has 0 fully saturated rings. The topological polar surface area (TPSA) is 77.3 Å². The van der Waals surface area contributed by atoms with Crippen LogP contribution in [0.1, 0.15) is 23.5 Å². The number of benzene rings is 9. The average Bonchev–Trinajstić information content (AvgIpc) is 3.48. The molecule has 72 heavy (non-hydrogen) atoms. The van der Waals surface area contributed by atoms with E-state index in [4.69, 9.17) is 29.9 Å². The van der Waals surface area contributed by atoms with E-state index in [0.29, 0.717) is 34.9 Å². The minimum atomic E-state index is 0.254. The average molecular weight is 923 g/mol. The second kappa shape index (κ2) is 19.8. The first-order valence-corrected chi connectivity index (χ1v) is 24.3. The third-order valence-corrected chi connectivity index (χ3v) is 13.1. The Bertz CT molecular complexity index is 3720. The summed E-state index contributed by atoms with van der Waals surface area (Å²) in [5.74, 6) is 4.04. The van der Waals surface area contributed by atoms with Gasteiger partial charge in [0.2, 0.25) is 0 Å². The third-order valence-electron chi connectivity index (χ3n) is 13.1. The SMILES string of the molecule is C1=CC(c2cccc(-c3nc(-c4ccccc4)nc(-c4cccc(-c5cccc(-c6cccc(-c7cccc(-c8nc(-c9ccccc9)nc(-c9ccccc9)n8)c7)c6)c5)c4)n3)c2)CC=C1c1ccccc1. The molecular weight excluding hydrogens is 877 g/mol. The van der Waals surface area contributed by atoms with E-state index in [1.54, 1.807) is 0 Å². The summed E-state index contributed by atoms with van der Waals surface area (Å²) in [6.45, 7) is 0. The molecule has 1 aliphatic carbocycles. The molecule has 0 saturated heterocycles. The van der Waals surface area contributed by atoms with Crippen molar-refractivity contribution in [2.45, 2.75) is 12.3 Å². The molecule has 0 saturated carbocycles. The molecule has 6 nitrogen and oxygen atoms in total. The van der Waals surface area contributed by atoms with E-state index in [0.717, 1.165) is 73.2 Å². The van der Waals surface area contributed by atoms with Gasteiger partial charge in [0, 0.05) is 39.3 Å². The molecule has 0 bridgehead atoms. The maximum Gasteiger partial charge on any atom is 0.164 e. The molecular formula is C66H46N6. The van der Waals surface area contributed by atoms with Crippen molar-refractivity contribution in [2.75, 3.05) is 0 Å². The maximum atomic E-state index is 5.17. The predicted molar refractivity (Wildman–Crippen MR) is 293 cm³/mol. The monoisotopic (exact) mass is 922 g/mol. The van der Waals surface area contributed by atoms with E-state index in [9.17, 15) is 0 Å². The van der Waals surface area contributed by atoms with E-state index < -0.39 is 0 Å². The molecule has 9 aromatic carbocycles. The predicted octanol–water partition coefficient (Wildman–Crippen LogP) is 16.2. The lowest BCUT2D eigenvalue weighted by Gasteiger charge is -2.18. The summed E-state index contributed by atoms with van der Waals surface area (Å²) in [5, 5.41) is 0. The highest BCUT2D eigenvalue weighted by atomic mass is 15.0. The number of rotatable bonds is 11. The zero-order valence-electron chi connectivity index (χ0n) is 39.3. The molecule has 2 heterocycles. The molecule has 11 aromatic rings. The van der Waals surface area contributed by atoms with E-state index in [-0.39, 0.29) is 5.92 Å². The summed E-state index contributed by atoms with van der Waals surface area (Å²) in [4.78, 5) is 30.2. The molecule has 1 unspecified atom stereocenters. The lowest BCUT2D eigenvalue weighted by Crippen LogP contribution is -2.02. The van der Waals surface area contributed by atoms with Crippen LogP contribution >= 0.6 is 0 Å². The van der Waals surface area contributed by atoms with Crippen LogP contribution in [0.3, 0.4) is 0 Å². The Morgan fingerprint density at radius 1 is 0.250 bits per heavy atom. The summed E-state index contributed by atoms with van der Waals surface area (Å²) in [5.41, 5.74) is 15.9. The summed E-state index contributed by atoms with van der Waals surface area (Å²) >= 11 is 0. The largest absolute Gasteiger partial charge is 0.208 e. The van der Waals surface area contributed by atoms with Gasteiger partial charge in [-0.15, -0.1) is 0 Å². The fraction of sp³-hybridized carbons (Fsp3) is 0.0303. The van der Waals surface area contributed by atoms with Crippen LogP contribution in [0.25, 0.3) is 107 Å². The Morgan fingerprint density at radius 3 is 0.875 bits per heavy atom. The van der Waals surface area contributed by atoms with Crippen molar-refractivity contribution in [1.82, 2.24) is 29.9 Å². The van der Waals surface area contributed by atoms with Crippen LogP contribution < -0.4 is 0 Å². The van der Waals surface area contributed by atoms with Crippen LogP contribution in [-0.4, -0.2) is 29.9 Å². The zero-order valence-corrected chi connectivity index (χ0v) is 39.3. The Balaban J connectivity index is 0.842. The van der Waals surface area contributed by atoms with Gasteiger partial charge in [-0.2, -0.15) is 0 Å². The van der Waals surface area contributed by atoms with E-state index in [1.807, 2.05) is 78.9 Å². The third kappa shape index (κ3) is 9.45. The molecule has 0 N–H and O–H groups in total. The highest BCUT2D eigenvalue weighted by Gasteiger charge is 2.18. The molecule has 6 heteroatoms. The quantitative estimate of drug-likeness (QED) is 0.129. The van der Waals surface area contributed by atoms with Gasteiger partial charge in [-0.3, -0.25) is 0 Å². The molecule has 0 aliphatic heterocycles. The van der Waals surface area contributed by atoms with Gasteiger partial charge in [0.05, 0.1) is 0 Å². The van der Waals surface area contributed by atoms with Crippen LogP contribution in [-0.2, 0) is 0 Å². The fourth-order valence-electron chi connectivity index (χ4n) is 9.34. The van der Waals surface area contributed by atoms with E-state index in [2.05, 4.69) is 182 Å². The lowest BCUT2D eigenvalue weighted by molar-refractivity contribution is 0.856. The lowest BCUT2D eigenvalue weighted by atomic mass is 9.87. The first-order chi connectivity index (χ1) is 35.6. The Morgan fingerprint density at radius 2 is 0.528 bits per heavy atom. The van der Waals surface area contributed by atoms with Crippen LogP contribution in [0.5, 0.6) is 0 Å². The number of aromatic nitrogens is 6. The Hall–Kier alpha value is -9.52. The molecule has 0 amide bonds. The zero-order chi connectivity index (χ0) is 48.1. The van der Waals surface area contributed by atoms with Crippen molar-refractivity contribution in [3.05, 3.63) is 272 Å². The Kier molecular flexibility index (Phi) is 12.0. The van der Waals surface area contributed by atoms with Crippen LogP contribution in [0.15, 0.2) is 261 Å². The minimum absolute atomic E-state index is 0.254. The van der Waals surface area contributed by atoms with Gasteiger partial charge in [0.15, 0.2) is 34.9 Å². The molecule has 2 aromatic heterocycles. The van der Waals surface area contributed by atoms with Gasteiger partial charge >= 0.3 is 0 Å². The minimum Gasteiger partial charge on any atom is -0.208 e. The first kappa shape index (κ1) is 43.7. The number of nitrogens with zero attached hydrogens (tertiary/aromatic N) is 6. The molecule has 1 atom stereocenters. The molecule has 0 spiro atoms. The van der Waals surface area contributed by atoms with Crippen molar-refractivity contribution in [3.63, 3.8) is 0 Å². The standard InChI is InChI=1S/C66H46N6/c1-5-18-45(19-6-1)46-36-38-47(39-37-46)51-26-15-33-58(42-51)65-70-63(50-24-11-4-12-25-50)71-66(72-65)60-35-17-32-57(44-60)55-30-14-28-53(41-55)52-27-13-29-54(40-52)56-31-16-34-59(43-56)64-68-61(48-20-7-2-8-21-48)67-62(69-64)49-22-9-3-10-23-49/h1-38,40-44,47H,39H2. The summed E-state index contributed by atoms with van der Waals surface area (Å²) < 4.78 is 0. The van der Waals surface area contributed by atoms with Gasteiger partial charge in [0.25, 0.3) is 0 Å². The highest BCUT2D eigenvalue weighted by molar-refractivity contribution is 5.81. The van der Waals surface area contributed by atoms with Crippen LogP contribution in [0.2, 0.25) is 0 Å². The summed E-state index contributed by atoms with van der Waals surface area (Å²) in [6, 6.07) is 83.9. The second-order valence-corrected chi connectivity index (χ2v) is 17.9. The summed E-state index contributed by atoms with van der Waals surface area (Å²) in [6.07, 6.45) is 7.82. The maximum absolute atomic E-state index is 5.17. The van der Waals surface area contributed by atoms with Gasteiger partial charge in [0.1, 0.15) is 0 Å². The normalized spacial score (nSPS) is 13.1. The van der Waals surface area contributed by atoms with Gasteiger partial charge in [-0.25, -0.2) is 29.9 Å². The molecule has 340 valence electrons. The fourth-order valence-corrected chi connectivity index (χ4v) is 9.34. The van der Waals surface area contributed by atoms with E-state index in [1.165, 1.54) is 16.7 Å². The first-order valence-electron chi connectivity index (χ1n) is 24.3. The van der Waals surface area contributed by atoms with Crippen LogP contribution in [0.4, 0.5) is 0 Å². The smallest absolute Gasteiger partial charge is 0.164 e. The van der Waals surface area contributed by atoms with Crippen molar-refractivity contribution in [2.24, 2.45) is 0 Å². The Labute approximate surface area is 419 Å². The van der Waals surface area contributed by atoms with Crippen LogP contribution in [0, 0.1) is 0 Å². The molecule has 1 aliphatic rings. The van der Waals surface area contributed by atoms with Crippen molar-refractivity contribution < 1.29 is 0 Å². The summed E-state index contributed by atoms with van der Waals surface area (Å²) in [7, 11) is 0. The number of allylic oxidation sites excluding steroid dienone is 4. The highest BCUT2D eigenvalue weighted by Crippen LogP contribution is 2.36. The van der Waals surface area contributed by atoms with Gasteiger partial charge in [-0.1, -0.05) is 231 Å². The van der Waals surface area contributed by atoms with Gasteiger partial charge in [-0.05, 0) is 86.8 Å². The second-order valence-electron chi connectivity index (χ2n) is 17.9. The van der Waals surface area contributed by atoms with E-state index >= 15 is 0 Å². The number of hydrogen-bond donors (Lipinski definition) is 0.